The second kappa shape index (κ2) is 45.8. The van der Waals surface area contributed by atoms with Crippen LogP contribution in [-0.4, -0.2) is 229 Å². The van der Waals surface area contributed by atoms with Crippen LogP contribution in [0, 0.1) is 12.8 Å². The van der Waals surface area contributed by atoms with Crippen LogP contribution in [0.5, 0.6) is 23.0 Å². The van der Waals surface area contributed by atoms with Crippen LogP contribution in [-0.2, 0) is 70.2 Å². The first-order valence-corrected chi connectivity index (χ1v) is 41.5. The number of ether oxygens (including phenoxy) is 11. The van der Waals surface area contributed by atoms with Gasteiger partial charge in [0.15, 0.2) is 11.5 Å². The number of methoxy groups -OCH3 is 2. The van der Waals surface area contributed by atoms with Crippen molar-refractivity contribution in [3.05, 3.63) is 167 Å². The first-order chi connectivity index (χ1) is 58.9. The van der Waals surface area contributed by atoms with Crippen LogP contribution in [0.4, 0.5) is 22.7 Å². The highest BCUT2D eigenvalue weighted by molar-refractivity contribution is 6.07. The van der Waals surface area contributed by atoms with E-state index in [2.05, 4.69) is 38.5 Å². The van der Waals surface area contributed by atoms with Crippen molar-refractivity contribution >= 4 is 87.7 Å². The maximum atomic E-state index is 14.0. The number of hydrogen-bond acceptors (Lipinski definition) is 22. The van der Waals surface area contributed by atoms with E-state index in [0.717, 1.165) is 80.4 Å². The molecule has 4 atom stereocenters. The van der Waals surface area contributed by atoms with Gasteiger partial charge in [0.2, 0.25) is 29.5 Å². The second-order valence-electron chi connectivity index (χ2n) is 29.6. The van der Waals surface area contributed by atoms with Crippen molar-refractivity contribution in [1.82, 2.24) is 40.7 Å². The number of anilines is 2. The van der Waals surface area contributed by atoms with Gasteiger partial charge in [0, 0.05) is 119 Å². The van der Waals surface area contributed by atoms with Crippen LogP contribution in [0.15, 0.2) is 144 Å². The Balaban J connectivity index is 0.000000255. The molecule has 121 heavy (non-hydrogen) atoms. The zero-order valence-corrected chi connectivity index (χ0v) is 70.6. The van der Waals surface area contributed by atoms with Crippen molar-refractivity contribution in [2.24, 2.45) is 15.9 Å². The zero-order chi connectivity index (χ0) is 85.6. The molecular formula is C91H112N12O18. The number of nitrogens with one attached hydrogen (secondary N) is 4. The summed E-state index contributed by atoms with van der Waals surface area (Å²) in [4.78, 5) is 107. The first-order valence-electron chi connectivity index (χ1n) is 41.5. The summed E-state index contributed by atoms with van der Waals surface area (Å²) in [7, 11) is 3.16. The molecule has 0 aliphatic carbocycles. The molecular weight excluding hydrogens is 1550 g/mol. The lowest BCUT2D eigenvalue weighted by Gasteiger charge is -2.28. The molecule has 0 fully saturated rings. The van der Waals surface area contributed by atoms with Crippen molar-refractivity contribution in [3.8, 4) is 45.5 Å². The van der Waals surface area contributed by atoms with Gasteiger partial charge in [0.05, 0.1) is 159 Å². The molecule has 5 aliphatic rings. The van der Waals surface area contributed by atoms with Gasteiger partial charge in [-0.15, -0.1) is 5.10 Å². The van der Waals surface area contributed by atoms with Crippen LogP contribution in [0.3, 0.4) is 0 Å². The minimum absolute atomic E-state index is 0.0574. The minimum Gasteiger partial charge on any atom is -0.497 e. The second-order valence-corrected chi connectivity index (χ2v) is 29.6. The Labute approximate surface area is 706 Å². The van der Waals surface area contributed by atoms with E-state index in [1.54, 1.807) is 59.2 Å². The van der Waals surface area contributed by atoms with Crippen LogP contribution < -0.4 is 45.1 Å². The molecule has 0 radical (unpaired) electrons. The number of carbonyl (C=O) groups is 7. The van der Waals surface area contributed by atoms with Gasteiger partial charge in [0.1, 0.15) is 29.3 Å². The summed E-state index contributed by atoms with van der Waals surface area (Å²) in [5.41, 5.74) is 12.1. The van der Waals surface area contributed by atoms with E-state index in [1.165, 1.54) is 7.11 Å². The average Bonchev–Trinajstić information content (AvgIpc) is 1.69. The summed E-state index contributed by atoms with van der Waals surface area (Å²) in [6.07, 6.45) is 10.3. The molecule has 7 aromatic rings. The Morgan fingerprint density at radius 1 is 0.537 bits per heavy atom. The summed E-state index contributed by atoms with van der Waals surface area (Å²) in [5, 5.41) is 20.2. The molecule has 0 bridgehead atoms. The number of rotatable bonds is 44. The Morgan fingerprint density at radius 3 is 1.74 bits per heavy atom. The maximum Gasteiger partial charge on any atom is 0.260 e. The number of amides is 7. The Kier molecular flexibility index (Phi) is 34.1. The molecule has 0 saturated carbocycles. The predicted molar refractivity (Wildman–Crippen MR) is 460 cm³/mol. The number of aliphatic imine (C=N–C) groups is 2. The third-order valence-corrected chi connectivity index (χ3v) is 20.6. The average molecular weight is 1660 g/mol. The molecule has 6 heterocycles. The number of nitrogens with zero attached hydrogens (tertiary/aromatic N) is 8. The van der Waals surface area contributed by atoms with E-state index in [4.69, 9.17) is 62.1 Å². The lowest BCUT2D eigenvalue weighted by Crippen LogP contribution is -2.53. The summed E-state index contributed by atoms with van der Waals surface area (Å²) < 4.78 is 63.4. The fourth-order valence-electron chi connectivity index (χ4n) is 14.2. The molecule has 644 valence electrons. The van der Waals surface area contributed by atoms with E-state index in [9.17, 15) is 33.6 Å². The van der Waals surface area contributed by atoms with Crippen LogP contribution >= 0.6 is 0 Å². The highest BCUT2D eigenvalue weighted by Crippen LogP contribution is 2.44. The van der Waals surface area contributed by atoms with Gasteiger partial charge in [-0.1, -0.05) is 92.7 Å². The molecule has 4 N–H and O–H groups in total. The van der Waals surface area contributed by atoms with Gasteiger partial charge in [-0.3, -0.25) is 43.5 Å². The van der Waals surface area contributed by atoms with Gasteiger partial charge in [-0.25, -0.2) is 4.68 Å². The fraction of sp³-hybridized carbons (Fsp3) is 0.440. The third kappa shape index (κ3) is 24.6. The molecule has 0 spiro atoms. The van der Waals surface area contributed by atoms with Crippen molar-refractivity contribution in [2.45, 2.75) is 131 Å². The van der Waals surface area contributed by atoms with E-state index in [0.29, 0.717) is 177 Å². The van der Waals surface area contributed by atoms with E-state index < -0.39 is 23.9 Å². The molecule has 12 rings (SSSR count). The quantitative estimate of drug-likeness (QED) is 0.0258. The standard InChI is InChI=1S/C55H61N7O10.C36H51N5O8/c1-8-70-21-18-50(63)60-51(32(2)3)53(65)58-34(5)52(64)59-39-14-10-35(11-15-39)37-23-41-29-57-46-27-49(48(69-7)25-44(46)55(67)62(41)30-37)72-20-9-19-71-47-26-45-43(22-33(47)4)54(66)61-31-38(24-40(61)28-56-45)36-12-16-42(68-6)17-13-36;1-3-17-45-22-25-49-27-24-47-19-16-41-36-31-11-7-8-12-32(31)40(28-29-9-5-6-10-30(29)35(36)38-39-41)34(43)14-13-33(42)37-15-18-46-23-26-48-21-20-44-4-2/h10-17,22,25-32,34,40-41,51H,8-9,18-21,23-24H2,1-7H3,(H,58,65)(H,59,64)(H,60,63);5-12H,3-4,13-28H2,1-2H3,(H,37,42)/t34-,40-,41-,51-;/m0./s1. The Hall–Kier alpha value is -11.5. The zero-order valence-electron chi connectivity index (χ0n) is 70.6. The Bertz CT molecular complexity index is 4810. The molecule has 7 amide bonds. The predicted octanol–water partition coefficient (Wildman–Crippen LogP) is 11.7. The molecule has 0 unspecified atom stereocenters. The van der Waals surface area contributed by atoms with Gasteiger partial charge in [0.25, 0.3) is 11.8 Å². The van der Waals surface area contributed by atoms with Gasteiger partial charge in [-0.2, -0.15) is 0 Å². The minimum atomic E-state index is -0.877. The topological polar surface area (TPSA) is 334 Å². The Morgan fingerprint density at radius 2 is 1.11 bits per heavy atom. The number of hydrogen-bond donors (Lipinski definition) is 4. The fourth-order valence-corrected chi connectivity index (χ4v) is 14.2. The third-order valence-electron chi connectivity index (χ3n) is 20.6. The van der Waals surface area contributed by atoms with Crippen molar-refractivity contribution in [2.75, 3.05) is 137 Å². The van der Waals surface area contributed by atoms with E-state index >= 15 is 0 Å². The molecule has 5 aliphatic heterocycles. The lowest BCUT2D eigenvalue weighted by atomic mass is 9.95. The van der Waals surface area contributed by atoms with Crippen molar-refractivity contribution in [3.63, 3.8) is 0 Å². The van der Waals surface area contributed by atoms with E-state index in [-0.39, 0.29) is 73.4 Å². The molecule has 30 heteroatoms. The van der Waals surface area contributed by atoms with Gasteiger partial charge in [-0.05, 0) is 116 Å². The smallest absolute Gasteiger partial charge is 0.260 e. The number of carbonyl (C=O) groups excluding carboxylic acids is 7. The number of aryl methyl sites for hydroxylation is 1. The highest BCUT2D eigenvalue weighted by atomic mass is 16.6. The van der Waals surface area contributed by atoms with Crippen molar-refractivity contribution in [1.29, 1.82) is 0 Å². The monoisotopic (exact) mass is 1660 g/mol. The largest absolute Gasteiger partial charge is 0.497 e. The SMILES string of the molecule is CCCOCCOCCOCCn1nnc2c1-c1ccccc1N(C(=O)CCC(=O)NCCOCCOCCOCC)Cc1ccccc1-2.CCOCCC(=O)N[C@H](C(=O)N[C@@H](C)C(=O)Nc1ccc(C2=CN3C(=O)c4cc(OC)c(OCCCOc5cc6c(cc5C)C(=O)N5C=C(c7ccc(OC)cc7)C[C@H]5C=N6)cc4N=C[C@@H]3C2)cc1)C(C)C. The van der Waals surface area contributed by atoms with Crippen LogP contribution in [0.1, 0.15) is 129 Å². The summed E-state index contributed by atoms with van der Waals surface area (Å²) >= 11 is 0. The highest BCUT2D eigenvalue weighted by Gasteiger charge is 2.37. The molecule has 0 saturated heterocycles. The number of para-hydroxylation sites is 1. The first kappa shape index (κ1) is 90.3. The molecule has 1 aromatic heterocycles. The van der Waals surface area contributed by atoms with E-state index in [1.807, 2.05) is 155 Å². The maximum absolute atomic E-state index is 14.0. The normalized spacial score (nSPS) is 15.2. The van der Waals surface area contributed by atoms with Gasteiger partial charge >= 0.3 is 0 Å². The molecule has 30 nitrogen and oxygen atoms in total. The number of fused-ring (bicyclic) bond motifs is 9. The van der Waals surface area contributed by atoms with Gasteiger partial charge < -0.3 is 88.1 Å². The summed E-state index contributed by atoms with van der Waals surface area (Å²) in [5.74, 6) is 0.165. The summed E-state index contributed by atoms with van der Waals surface area (Å²) in [6.45, 7) is 21.8. The van der Waals surface area contributed by atoms with Crippen molar-refractivity contribution < 1.29 is 85.7 Å². The van der Waals surface area contributed by atoms with Crippen LogP contribution in [0.2, 0.25) is 0 Å². The lowest BCUT2D eigenvalue weighted by molar-refractivity contribution is -0.132. The number of aromatic nitrogens is 3. The molecule has 6 aromatic carbocycles. The summed E-state index contributed by atoms with van der Waals surface area (Å²) in [6, 6.07) is 35.6. The number of benzene rings is 6. The van der Waals surface area contributed by atoms with Crippen LogP contribution in [0.25, 0.3) is 33.7 Å².